The summed E-state index contributed by atoms with van der Waals surface area (Å²) in [5.74, 6) is 1.01. The number of rotatable bonds is 3. The second-order valence-corrected chi connectivity index (χ2v) is 5.66. The number of nitrogens with one attached hydrogen (secondary N) is 1. The van der Waals surface area contributed by atoms with E-state index in [1.807, 2.05) is 6.07 Å². The van der Waals surface area contributed by atoms with Crippen LogP contribution in [0.15, 0.2) is 18.2 Å². The molecule has 3 N–H and O–H groups in total. The summed E-state index contributed by atoms with van der Waals surface area (Å²) in [4.78, 5) is 2.48. The van der Waals surface area contributed by atoms with Crippen molar-refractivity contribution in [1.82, 2.24) is 10.2 Å². The largest absolute Gasteiger partial charge is 0.508 e. The molecule has 1 atom stereocenters. The molecule has 0 bridgehead atoms. The molecule has 2 aliphatic rings. The van der Waals surface area contributed by atoms with Gasteiger partial charge in [0.05, 0.1) is 0 Å². The van der Waals surface area contributed by atoms with Crippen molar-refractivity contribution >= 4 is 0 Å². The molecule has 4 nitrogen and oxygen atoms in total. The third-order valence-corrected chi connectivity index (χ3v) is 4.47. The Bertz CT molecular complexity index is 440. The van der Waals surface area contributed by atoms with Crippen LogP contribution in [-0.2, 0) is 0 Å². The number of phenolic OH excluding ortho intramolecular Hbond substituents is 2. The zero-order valence-electron chi connectivity index (χ0n) is 11.2. The van der Waals surface area contributed by atoms with E-state index >= 15 is 0 Å². The fraction of sp³-hybridized carbons (Fsp3) is 0.600. The lowest BCUT2D eigenvalue weighted by atomic mass is 9.76. The van der Waals surface area contributed by atoms with E-state index < -0.39 is 0 Å². The van der Waals surface area contributed by atoms with Crippen molar-refractivity contribution in [2.24, 2.45) is 5.92 Å². The first-order chi connectivity index (χ1) is 9.25. The molecule has 1 saturated carbocycles. The van der Waals surface area contributed by atoms with Crippen LogP contribution in [0, 0.1) is 5.92 Å². The average Bonchev–Trinajstić information content (AvgIpc) is 2.35. The van der Waals surface area contributed by atoms with Crippen molar-refractivity contribution in [3.05, 3.63) is 23.8 Å². The van der Waals surface area contributed by atoms with E-state index in [1.54, 1.807) is 6.07 Å². The highest BCUT2D eigenvalue weighted by atomic mass is 16.3. The van der Waals surface area contributed by atoms with Gasteiger partial charge < -0.3 is 15.5 Å². The van der Waals surface area contributed by atoms with E-state index in [9.17, 15) is 10.2 Å². The van der Waals surface area contributed by atoms with Crippen molar-refractivity contribution in [3.8, 4) is 11.5 Å². The monoisotopic (exact) mass is 262 g/mol. The first-order valence-corrected chi connectivity index (χ1v) is 7.22. The lowest BCUT2D eigenvalue weighted by Crippen LogP contribution is -2.47. The van der Waals surface area contributed by atoms with Crippen LogP contribution in [0.2, 0.25) is 0 Å². The fourth-order valence-electron chi connectivity index (χ4n) is 3.25. The summed E-state index contributed by atoms with van der Waals surface area (Å²) >= 11 is 0. The van der Waals surface area contributed by atoms with Crippen molar-refractivity contribution in [2.45, 2.75) is 25.3 Å². The molecule has 1 aromatic carbocycles. The van der Waals surface area contributed by atoms with E-state index in [0.29, 0.717) is 12.0 Å². The number of aromatic hydroxyl groups is 2. The van der Waals surface area contributed by atoms with Gasteiger partial charge >= 0.3 is 0 Å². The van der Waals surface area contributed by atoms with E-state index in [2.05, 4.69) is 10.2 Å². The Labute approximate surface area is 114 Å². The lowest BCUT2D eigenvalue weighted by Gasteiger charge is -2.43. The molecule has 1 heterocycles. The second kappa shape index (κ2) is 5.39. The molecule has 1 aromatic rings. The van der Waals surface area contributed by atoms with Crippen LogP contribution in [0.4, 0.5) is 0 Å². The molecule has 0 amide bonds. The zero-order chi connectivity index (χ0) is 13.2. The Balaban J connectivity index is 1.88. The van der Waals surface area contributed by atoms with E-state index in [0.717, 1.165) is 31.7 Å². The van der Waals surface area contributed by atoms with Gasteiger partial charge in [0.1, 0.15) is 11.5 Å². The van der Waals surface area contributed by atoms with E-state index in [4.69, 9.17) is 0 Å². The van der Waals surface area contributed by atoms with Crippen LogP contribution < -0.4 is 5.32 Å². The topological polar surface area (TPSA) is 55.7 Å². The maximum Gasteiger partial charge on any atom is 0.124 e. The fourth-order valence-corrected chi connectivity index (χ4v) is 3.25. The molecule has 0 unspecified atom stereocenters. The van der Waals surface area contributed by atoms with Gasteiger partial charge in [-0.25, -0.2) is 0 Å². The molecule has 2 fully saturated rings. The van der Waals surface area contributed by atoms with Gasteiger partial charge in [-0.3, -0.25) is 4.90 Å². The summed E-state index contributed by atoms with van der Waals surface area (Å²) in [5, 5.41) is 23.0. The second-order valence-electron chi connectivity index (χ2n) is 5.66. The summed E-state index contributed by atoms with van der Waals surface area (Å²) in [6.07, 6.45) is 3.79. The summed E-state index contributed by atoms with van der Waals surface area (Å²) < 4.78 is 0. The summed E-state index contributed by atoms with van der Waals surface area (Å²) in [7, 11) is 0. The number of hydrogen-bond donors (Lipinski definition) is 3. The minimum absolute atomic E-state index is 0.133. The predicted octanol–water partition coefficient (Wildman–Crippen LogP) is 1.84. The number of benzene rings is 1. The number of hydrogen-bond acceptors (Lipinski definition) is 4. The molecule has 1 aliphatic heterocycles. The van der Waals surface area contributed by atoms with Gasteiger partial charge in [0.15, 0.2) is 0 Å². The van der Waals surface area contributed by atoms with Gasteiger partial charge in [-0.05, 0) is 24.8 Å². The third-order valence-electron chi connectivity index (χ3n) is 4.47. The smallest absolute Gasteiger partial charge is 0.124 e. The normalized spacial score (nSPS) is 22.9. The van der Waals surface area contributed by atoms with Gasteiger partial charge in [0, 0.05) is 43.9 Å². The maximum atomic E-state index is 10.2. The van der Waals surface area contributed by atoms with Gasteiger partial charge in [-0.2, -0.15) is 0 Å². The predicted molar refractivity (Wildman–Crippen MR) is 74.3 cm³/mol. The number of piperazine rings is 1. The van der Waals surface area contributed by atoms with Crippen LogP contribution in [-0.4, -0.2) is 41.3 Å². The van der Waals surface area contributed by atoms with E-state index in [1.165, 1.54) is 25.3 Å². The van der Waals surface area contributed by atoms with Gasteiger partial charge in [0.25, 0.3) is 0 Å². The molecule has 104 valence electrons. The van der Waals surface area contributed by atoms with Crippen LogP contribution in [0.3, 0.4) is 0 Å². The van der Waals surface area contributed by atoms with Crippen LogP contribution >= 0.6 is 0 Å². The molecular weight excluding hydrogens is 240 g/mol. The van der Waals surface area contributed by atoms with E-state index in [-0.39, 0.29) is 11.5 Å². The highest BCUT2D eigenvalue weighted by Gasteiger charge is 2.34. The Morgan fingerprint density at radius 2 is 1.89 bits per heavy atom. The Morgan fingerprint density at radius 1 is 1.16 bits per heavy atom. The zero-order valence-corrected chi connectivity index (χ0v) is 11.2. The lowest BCUT2D eigenvalue weighted by molar-refractivity contribution is 0.0819. The Morgan fingerprint density at radius 3 is 2.47 bits per heavy atom. The van der Waals surface area contributed by atoms with Gasteiger partial charge in [-0.15, -0.1) is 0 Å². The number of nitrogens with zero attached hydrogens (tertiary/aromatic N) is 1. The van der Waals surface area contributed by atoms with Crippen molar-refractivity contribution in [1.29, 1.82) is 0 Å². The first kappa shape index (κ1) is 12.8. The average molecular weight is 262 g/mol. The summed E-state index contributed by atoms with van der Waals surface area (Å²) in [6.45, 7) is 4.09. The minimum atomic E-state index is 0.133. The molecule has 0 aromatic heterocycles. The van der Waals surface area contributed by atoms with Gasteiger partial charge in [-0.1, -0.05) is 12.5 Å². The first-order valence-electron chi connectivity index (χ1n) is 7.22. The standard InChI is InChI=1S/C15H22N2O2/c18-12-4-5-13(14(19)10-12)15(11-2-1-3-11)17-8-6-16-7-9-17/h4-5,10-11,15-16,18-19H,1-3,6-9H2/t15-/m1/s1. The molecule has 1 saturated heterocycles. The highest BCUT2D eigenvalue weighted by molar-refractivity contribution is 5.41. The molecule has 19 heavy (non-hydrogen) atoms. The van der Waals surface area contributed by atoms with Crippen LogP contribution in [0.25, 0.3) is 0 Å². The molecule has 0 spiro atoms. The molecule has 3 rings (SSSR count). The van der Waals surface area contributed by atoms with Crippen LogP contribution in [0.1, 0.15) is 30.9 Å². The van der Waals surface area contributed by atoms with Crippen molar-refractivity contribution in [3.63, 3.8) is 0 Å². The SMILES string of the molecule is Oc1ccc([C@@H](C2CCC2)N2CCNCC2)c(O)c1. The quantitative estimate of drug-likeness (QED) is 0.778. The maximum absolute atomic E-state index is 10.2. The Hall–Kier alpha value is -1.26. The minimum Gasteiger partial charge on any atom is -0.508 e. The molecule has 1 aliphatic carbocycles. The third kappa shape index (κ3) is 2.55. The summed E-state index contributed by atoms with van der Waals surface area (Å²) in [6, 6.07) is 5.33. The summed E-state index contributed by atoms with van der Waals surface area (Å²) in [5.41, 5.74) is 0.976. The van der Waals surface area contributed by atoms with Crippen molar-refractivity contribution in [2.75, 3.05) is 26.2 Å². The highest BCUT2D eigenvalue weighted by Crippen LogP contribution is 2.44. The molecular formula is C15H22N2O2. The number of phenols is 2. The van der Waals surface area contributed by atoms with Crippen molar-refractivity contribution < 1.29 is 10.2 Å². The molecule has 4 heteroatoms. The molecule has 0 radical (unpaired) electrons. The van der Waals surface area contributed by atoms with Crippen LogP contribution in [0.5, 0.6) is 11.5 Å². The Kier molecular flexibility index (Phi) is 3.62. The van der Waals surface area contributed by atoms with Gasteiger partial charge in [0.2, 0.25) is 0 Å².